The van der Waals surface area contributed by atoms with Gasteiger partial charge in [-0.25, -0.2) is 0 Å². The van der Waals surface area contributed by atoms with E-state index in [2.05, 4.69) is 65.8 Å². The Morgan fingerprint density at radius 1 is 1.17 bits per heavy atom. The van der Waals surface area contributed by atoms with Crippen LogP contribution in [0.2, 0.25) is 0 Å². The van der Waals surface area contributed by atoms with E-state index in [1.165, 1.54) is 49.4 Å². The lowest BCUT2D eigenvalue weighted by Crippen LogP contribution is -2.35. The number of fused-ring (bicyclic) bond motifs is 1. The number of thioether (sulfide) groups is 1. The van der Waals surface area contributed by atoms with Crippen LogP contribution >= 0.6 is 11.8 Å². The number of amides is 1. The van der Waals surface area contributed by atoms with E-state index in [9.17, 15) is 4.79 Å². The first kappa shape index (κ1) is 23.8. The summed E-state index contributed by atoms with van der Waals surface area (Å²) in [5.41, 5.74) is 5.77. The zero-order chi connectivity index (χ0) is 24.5. The van der Waals surface area contributed by atoms with E-state index in [4.69, 9.17) is 5.41 Å². The van der Waals surface area contributed by atoms with Crippen LogP contribution < -0.4 is 0 Å². The fraction of sp³-hybridized carbons (Fsp3) is 0.429. The summed E-state index contributed by atoms with van der Waals surface area (Å²) in [6, 6.07) is 10.5. The average Bonchev–Trinajstić information content (AvgIpc) is 3.40. The quantitative estimate of drug-likeness (QED) is 0.464. The predicted molar refractivity (Wildman–Crippen MR) is 145 cm³/mol. The standard InChI is InChI=1S/C28H33N5OS/c1-4-21-12-8-9-13-24(21)32-18(2)16-22(19(32)3)17-23-26(29)33-28(30-27(23)34)35-25(31-33)15-14-20-10-6-5-7-11-20/h8-9,12-13,16-17,20,29H,4-7,10-11,14-15H2,1-3H3/b23-17-,29-26?. The molecule has 1 aliphatic carbocycles. The Kier molecular flexibility index (Phi) is 6.78. The second-order valence-corrected chi connectivity index (χ2v) is 10.7. The van der Waals surface area contributed by atoms with E-state index in [1.807, 2.05) is 0 Å². The number of para-hydroxylation sites is 1. The van der Waals surface area contributed by atoms with Gasteiger partial charge in [0.2, 0.25) is 5.17 Å². The molecule has 0 spiro atoms. The molecular formula is C28H33N5OS. The van der Waals surface area contributed by atoms with Gasteiger partial charge in [0.05, 0.1) is 5.57 Å². The molecule has 0 bridgehead atoms. The summed E-state index contributed by atoms with van der Waals surface area (Å²) in [4.78, 5) is 17.2. The van der Waals surface area contributed by atoms with Gasteiger partial charge in [-0.3, -0.25) is 10.2 Å². The van der Waals surface area contributed by atoms with Gasteiger partial charge in [-0.05, 0) is 80.1 Å². The molecule has 0 radical (unpaired) electrons. The van der Waals surface area contributed by atoms with Crippen LogP contribution in [-0.2, 0) is 11.2 Å². The summed E-state index contributed by atoms with van der Waals surface area (Å²) in [6.45, 7) is 6.29. The van der Waals surface area contributed by atoms with E-state index in [0.717, 1.165) is 52.9 Å². The summed E-state index contributed by atoms with van der Waals surface area (Å²) >= 11 is 1.44. The van der Waals surface area contributed by atoms with E-state index in [0.29, 0.717) is 5.17 Å². The first-order chi connectivity index (χ1) is 17.0. The first-order valence-corrected chi connectivity index (χ1v) is 13.5. The zero-order valence-electron chi connectivity index (χ0n) is 20.8. The third kappa shape index (κ3) is 4.66. The molecule has 7 heteroatoms. The Morgan fingerprint density at radius 3 is 2.71 bits per heavy atom. The van der Waals surface area contributed by atoms with Gasteiger partial charge in [0, 0.05) is 17.1 Å². The fourth-order valence-corrected chi connectivity index (χ4v) is 6.32. The first-order valence-electron chi connectivity index (χ1n) is 12.7. The number of hydrogen-bond donors (Lipinski definition) is 1. The number of aryl methyl sites for hydroxylation is 2. The number of carbonyl (C=O) groups is 1. The Hall–Kier alpha value is -2.93. The van der Waals surface area contributed by atoms with Crippen LogP contribution in [0.1, 0.15) is 74.4 Å². The molecule has 0 unspecified atom stereocenters. The Morgan fingerprint density at radius 2 is 1.94 bits per heavy atom. The monoisotopic (exact) mass is 487 g/mol. The lowest BCUT2D eigenvalue weighted by Gasteiger charge is -2.20. The van der Waals surface area contributed by atoms with Gasteiger partial charge in [-0.15, -0.1) is 0 Å². The van der Waals surface area contributed by atoms with Gasteiger partial charge < -0.3 is 4.57 Å². The zero-order valence-corrected chi connectivity index (χ0v) is 21.6. The van der Waals surface area contributed by atoms with E-state index < -0.39 is 0 Å². The highest BCUT2D eigenvalue weighted by atomic mass is 32.2. The normalized spacial score (nSPS) is 19.9. The summed E-state index contributed by atoms with van der Waals surface area (Å²) in [5, 5.41) is 16.4. The summed E-state index contributed by atoms with van der Waals surface area (Å²) < 4.78 is 2.23. The molecule has 1 amide bonds. The maximum Gasteiger partial charge on any atom is 0.283 e. The lowest BCUT2D eigenvalue weighted by atomic mass is 9.86. The summed E-state index contributed by atoms with van der Waals surface area (Å²) in [5.74, 6) is 0.520. The number of rotatable bonds is 6. The van der Waals surface area contributed by atoms with Crippen molar-refractivity contribution in [3.8, 4) is 5.69 Å². The van der Waals surface area contributed by atoms with Crippen LogP contribution in [0.5, 0.6) is 0 Å². The van der Waals surface area contributed by atoms with Gasteiger partial charge in [0.1, 0.15) is 5.04 Å². The number of hydrogen-bond acceptors (Lipinski definition) is 4. The maximum absolute atomic E-state index is 12.9. The van der Waals surface area contributed by atoms with Gasteiger partial charge in [-0.1, -0.05) is 57.2 Å². The number of aliphatic imine (C=N–C) groups is 1. The van der Waals surface area contributed by atoms with E-state index >= 15 is 0 Å². The van der Waals surface area contributed by atoms with Crippen molar-refractivity contribution < 1.29 is 4.79 Å². The van der Waals surface area contributed by atoms with Gasteiger partial charge in [0.25, 0.3) is 5.91 Å². The minimum absolute atomic E-state index is 0.110. The van der Waals surface area contributed by atoms with E-state index in [1.54, 1.807) is 11.1 Å². The van der Waals surface area contributed by atoms with Crippen molar-refractivity contribution in [2.45, 2.75) is 72.1 Å². The molecule has 2 aliphatic heterocycles. The minimum atomic E-state index is -0.365. The van der Waals surface area contributed by atoms with Crippen molar-refractivity contribution in [3.05, 3.63) is 58.4 Å². The maximum atomic E-state index is 12.9. The topological polar surface area (TPSA) is 73.8 Å². The highest BCUT2D eigenvalue weighted by molar-refractivity contribution is 8.26. The average molecular weight is 488 g/mol. The van der Waals surface area contributed by atoms with Gasteiger partial charge >= 0.3 is 0 Å². The number of nitrogens with zero attached hydrogens (tertiary/aromatic N) is 4. The van der Waals surface area contributed by atoms with Crippen LogP contribution in [0.3, 0.4) is 0 Å². The van der Waals surface area contributed by atoms with E-state index in [-0.39, 0.29) is 17.3 Å². The molecule has 1 saturated carbocycles. The number of nitrogens with one attached hydrogen (secondary N) is 1. The predicted octanol–water partition coefficient (Wildman–Crippen LogP) is 6.64. The molecule has 3 heterocycles. The van der Waals surface area contributed by atoms with Crippen molar-refractivity contribution in [1.82, 2.24) is 9.58 Å². The third-order valence-electron chi connectivity index (χ3n) is 7.37. The number of amidine groups is 2. The number of carbonyl (C=O) groups excluding carboxylic acids is 1. The molecule has 1 aromatic carbocycles. The smallest absolute Gasteiger partial charge is 0.283 e. The second-order valence-electron chi connectivity index (χ2n) is 9.70. The summed E-state index contributed by atoms with van der Waals surface area (Å²) in [6.07, 6.45) is 11.4. The van der Waals surface area contributed by atoms with Crippen molar-refractivity contribution >= 4 is 39.8 Å². The van der Waals surface area contributed by atoms with Crippen molar-refractivity contribution in [1.29, 1.82) is 5.41 Å². The van der Waals surface area contributed by atoms with Crippen molar-refractivity contribution in [3.63, 3.8) is 0 Å². The largest absolute Gasteiger partial charge is 0.318 e. The van der Waals surface area contributed by atoms with Gasteiger partial charge in [-0.2, -0.15) is 15.1 Å². The third-order valence-corrected chi connectivity index (χ3v) is 8.34. The highest BCUT2D eigenvalue weighted by Crippen LogP contribution is 2.34. The van der Waals surface area contributed by atoms with Gasteiger partial charge in [0.15, 0.2) is 5.84 Å². The number of benzene rings is 1. The molecule has 182 valence electrons. The Bertz CT molecular complexity index is 1260. The van der Waals surface area contributed by atoms with Crippen molar-refractivity contribution in [2.75, 3.05) is 0 Å². The molecule has 0 saturated heterocycles. The second kappa shape index (κ2) is 9.97. The minimum Gasteiger partial charge on any atom is -0.318 e. The number of hydrazone groups is 1. The van der Waals surface area contributed by atoms with Crippen LogP contribution in [0.4, 0.5) is 0 Å². The van der Waals surface area contributed by atoms with Crippen molar-refractivity contribution in [2.24, 2.45) is 16.0 Å². The summed E-state index contributed by atoms with van der Waals surface area (Å²) in [7, 11) is 0. The van der Waals surface area contributed by atoms with Crippen LogP contribution in [0, 0.1) is 25.2 Å². The molecule has 2 aromatic rings. The highest BCUT2D eigenvalue weighted by Gasteiger charge is 2.36. The molecule has 1 aromatic heterocycles. The molecule has 1 N–H and O–H groups in total. The molecule has 0 atom stereocenters. The molecule has 6 nitrogen and oxygen atoms in total. The lowest BCUT2D eigenvalue weighted by molar-refractivity contribution is -0.114. The molecule has 1 fully saturated rings. The Balaban J connectivity index is 1.39. The molecule has 35 heavy (non-hydrogen) atoms. The fourth-order valence-electron chi connectivity index (χ4n) is 5.42. The number of aromatic nitrogens is 1. The van der Waals surface area contributed by atoms with Crippen LogP contribution in [-0.4, -0.2) is 31.5 Å². The SMILES string of the molecule is CCc1ccccc1-n1c(C)cc(/C=C2/C(=N)N3N=C(CCC4CCCCC4)SC3=NC2=O)c1C. The molecule has 3 aliphatic rings. The molecule has 5 rings (SSSR count). The molecular weight excluding hydrogens is 454 g/mol. The Labute approximate surface area is 211 Å². The van der Waals surface area contributed by atoms with Crippen LogP contribution in [0.15, 0.2) is 46.0 Å². The van der Waals surface area contributed by atoms with Crippen LogP contribution in [0.25, 0.3) is 11.8 Å².